The monoisotopic (exact) mass is 183 g/mol. The maximum absolute atomic E-state index is 9.41. The number of nitrogens with one attached hydrogen (secondary N) is 1. The zero-order valence-electron chi connectivity index (χ0n) is 7.29. The molecular weight excluding hydrogens is 170 g/mol. The molecule has 13 heavy (non-hydrogen) atoms. The molecule has 72 valence electrons. The lowest BCUT2D eigenvalue weighted by atomic mass is 9.95. The van der Waals surface area contributed by atoms with E-state index in [1.165, 1.54) is 0 Å². The van der Waals surface area contributed by atoms with Crippen LogP contribution in [0.5, 0.6) is 11.8 Å². The number of rotatable bonds is 1. The molecular formula is C9H13NO3. The summed E-state index contributed by atoms with van der Waals surface area (Å²) in [5.41, 5.74) is 0.761. The number of aromatic nitrogens is 1. The standard InChI is InChI=1S/C9H13NO3/c11-8-4-7(9(12)10-8)6-2-1-3-13-5-6/h4,6,10-12H,1-3,5H2. The van der Waals surface area contributed by atoms with Crippen LogP contribution in [-0.2, 0) is 4.74 Å². The van der Waals surface area contributed by atoms with E-state index in [-0.39, 0.29) is 17.7 Å². The fourth-order valence-electron chi connectivity index (χ4n) is 1.74. The lowest BCUT2D eigenvalue weighted by molar-refractivity contribution is 0.0797. The molecule has 4 heteroatoms. The van der Waals surface area contributed by atoms with Gasteiger partial charge in [0.2, 0.25) is 0 Å². The van der Waals surface area contributed by atoms with Crippen LogP contribution in [0.4, 0.5) is 0 Å². The van der Waals surface area contributed by atoms with Crippen molar-refractivity contribution in [3.05, 3.63) is 11.6 Å². The summed E-state index contributed by atoms with van der Waals surface area (Å²) in [6, 6.07) is 1.56. The summed E-state index contributed by atoms with van der Waals surface area (Å²) in [4.78, 5) is 2.46. The van der Waals surface area contributed by atoms with Crippen molar-refractivity contribution in [2.24, 2.45) is 0 Å². The Balaban J connectivity index is 2.18. The summed E-state index contributed by atoms with van der Waals surface area (Å²) in [6.07, 6.45) is 2.01. The molecule has 0 spiro atoms. The minimum atomic E-state index is 0.0121. The molecule has 0 aliphatic carbocycles. The van der Waals surface area contributed by atoms with E-state index in [4.69, 9.17) is 9.84 Å². The predicted octanol–water partition coefficient (Wildman–Crippen LogP) is 1.32. The summed E-state index contributed by atoms with van der Waals surface area (Å²) in [6.45, 7) is 1.43. The van der Waals surface area contributed by atoms with Crippen molar-refractivity contribution in [2.45, 2.75) is 18.8 Å². The quantitative estimate of drug-likeness (QED) is 0.615. The molecule has 1 fully saturated rings. The van der Waals surface area contributed by atoms with Crippen LogP contribution in [0, 0.1) is 0 Å². The summed E-state index contributed by atoms with van der Waals surface area (Å²) < 4.78 is 5.29. The molecule has 3 N–H and O–H groups in total. The minimum absolute atomic E-state index is 0.0121. The maximum atomic E-state index is 9.41. The molecule has 2 rings (SSSR count). The maximum Gasteiger partial charge on any atom is 0.194 e. The Morgan fingerprint density at radius 1 is 1.46 bits per heavy atom. The molecule has 1 aliphatic heterocycles. The summed E-state index contributed by atoms with van der Waals surface area (Å²) in [5.74, 6) is 0.289. The van der Waals surface area contributed by atoms with Crippen molar-refractivity contribution in [2.75, 3.05) is 13.2 Å². The molecule has 4 nitrogen and oxygen atoms in total. The van der Waals surface area contributed by atoms with Crippen LogP contribution >= 0.6 is 0 Å². The van der Waals surface area contributed by atoms with Crippen molar-refractivity contribution in [1.29, 1.82) is 0 Å². The zero-order chi connectivity index (χ0) is 9.26. The van der Waals surface area contributed by atoms with Gasteiger partial charge in [-0.1, -0.05) is 0 Å². The Bertz CT molecular complexity index is 289. The van der Waals surface area contributed by atoms with E-state index >= 15 is 0 Å². The van der Waals surface area contributed by atoms with Crippen LogP contribution in [0.1, 0.15) is 24.3 Å². The van der Waals surface area contributed by atoms with Crippen LogP contribution in [0.3, 0.4) is 0 Å². The average Bonchev–Trinajstić information content (AvgIpc) is 2.47. The number of ether oxygens (including phenoxy) is 1. The Hall–Kier alpha value is -1.16. The second-order valence-corrected chi connectivity index (χ2v) is 3.37. The highest BCUT2D eigenvalue weighted by Gasteiger charge is 2.20. The third-order valence-corrected chi connectivity index (χ3v) is 2.41. The Kier molecular flexibility index (Phi) is 2.14. The Morgan fingerprint density at radius 3 is 2.85 bits per heavy atom. The van der Waals surface area contributed by atoms with Gasteiger partial charge >= 0.3 is 0 Å². The highest BCUT2D eigenvalue weighted by molar-refractivity contribution is 5.35. The van der Waals surface area contributed by atoms with Crippen LogP contribution in [0.25, 0.3) is 0 Å². The van der Waals surface area contributed by atoms with Gasteiger partial charge in [-0.3, -0.25) is 4.98 Å². The molecule has 0 saturated carbocycles. The van der Waals surface area contributed by atoms with Gasteiger partial charge in [0.25, 0.3) is 0 Å². The van der Waals surface area contributed by atoms with E-state index in [9.17, 15) is 5.11 Å². The summed E-state index contributed by atoms with van der Waals surface area (Å²) in [5, 5.41) is 18.5. The first-order chi connectivity index (χ1) is 6.27. The lowest BCUT2D eigenvalue weighted by Crippen LogP contribution is -2.14. The molecule has 1 aliphatic rings. The molecule has 0 aromatic carbocycles. The fourth-order valence-corrected chi connectivity index (χ4v) is 1.74. The van der Waals surface area contributed by atoms with E-state index < -0.39 is 0 Å². The molecule has 1 aromatic heterocycles. The second kappa shape index (κ2) is 3.30. The van der Waals surface area contributed by atoms with E-state index in [0.717, 1.165) is 25.0 Å². The van der Waals surface area contributed by atoms with Crippen molar-refractivity contribution >= 4 is 0 Å². The van der Waals surface area contributed by atoms with Crippen LogP contribution < -0.4 is 0 Å². The Morgan fingerprint density at radius 2 is 2.31 bits per heavy atom. The number of hydrogen-bond donors (Lipinski definition) is 3. The zero-order valence-corrected chi connectivity index (χ0v) is 7.29. The molecule has 0 radical (unpaired) electrons. The van der Waals surface area contributed by atoms with Crippen LogP contribution in [0.2, 0.25) is 0 Å². The number of aromatic hydroxyl groups is 2. The largest absolute Gasteiger partial charge is 0.495 e. The minimum Gasteiger partial charge on any atom is -0.495 e. The van der Waals surface area contributed by atoms with Gasteiger partial charge in [0, 0.05) is 24.2 Å². The van der Waals surface area contributed by atoms with E-state index in [1.54, 1.807) is 6.07 Å². The molecule has 1 atom stereocenters. The van der Waals surface area contributed by atoms with Gasteiger partial charge in [0.1, 0.15) is 0 Å². The third kappa shape index (κ3) is 1.62. The molecule has 0 bridgehead atoms. The van der Waals surface area contributed by atoms with Gasteiger partial charge in [-0.2, -0.15) is 0 Å². The van der Waals surface area contributed by atoms with E-state index in [1.807, 2.05) is 0 Å². The predicted molar refractivity (Wildman–Crippen MR) is 46.9 cm³/mol. The second-order valence-electron chi connectivity index (χ2n) is 3.37. The van der Waals surface area contributed by atoms with Gasteiger partial charge in [0.15, 0.2) is 11.8 Å². The molecule has 1 saturated heterocycles. The number of hydrogen-bond acceptors (Lipinski definition) is 3. The van der Waals surface area contributed by atoms with Crippen LogP contribution in [-0.4, -0.2) is 28.4 Å². The summed E-state index contributed by atoms with van der Waals surface area (Å²) >= 11 is 0. The average molecular weight is 183 g/mol. The first-order valence-electron chi connectivity index (χ1n) is 4.46. The first kappa shape index (κ1) is 8.44. The third-order valence-electron chi connectivity index (χ3n) is 2.41. The van der Waals surface area contributed by atoms with Crippen molar-refractivity contribution in [3.8, 4) is 11.8 Å². The van der Waals surface area contributed by atoms with Crippen molar-refractivity contribution in [1.82, 2.24) is 4.98 Å². The number of H-pyrrole nitrogens is 1. The van der Waals surface area contributed by atoms with Gasteiger partial charge in [-0.25, -0.2) is 0 Å². The van der Waals surface area contributed by atoms with Gasteiger partial charge in [-0.15, -0.1) is 0 Å². The number of aromatic amines is 1. The molecule has 1 unspecified atom stereocenters. The van der Waals surface area contributed by atoms with E-state index in [2.05, 4.69) is 4.98 Å². The van der Waals surface area contributed by atoms with Gasteiger partial charge < -0.3 is 14.9 Å². The molecule has 1 aromatic rings. The topological polar surface area (TPSA) is 65.5 Å². The first-order valence-corrected chi connectivity index (χ1v) is 4.46. The van der Waals surface area contributed by atoms with Gasteiger partial charge in [-0.05, 0) is 12.8 Å². The van der Waals surface area contributed by atoms with Gasteiger partial charge in [0.05, 0.1) is 6.61 Å². The molecule has 2 heterocycles. The molecule has 0 amide bonds. The lowest BCUT2D eigenvalue weighted by Gasteiger charge is -2.21. The highest BCUT2D eigenvalue weighted by atomic mass is 16.5. The highest BCUT2D eigenvalue weighted by Crippen LogP contribution is 2.33. The smallest absolute Gasteiger partial charge is 0.194 e. The van der Waals surface area contributed by atoms with Crippen molar-refractivity contribution < 1.29 is 14.9 Å². The van der Waals surface area contributed by atoms with Crippen molar-refractivity contribution in [3.63, 3.8) is 0 Å². The van der Waals surface area contributed by atoms with Crippen LogP contribution in [0.15, 0.2) is 6.07 Å². The normalized spacial score (nSPS) is 23.2. The van der Waals surface area contributed by atoms with E-state index in [0.29, 0.717) is 6.61 Å². The SMILES string of the molecule is Oc1cc(C2CCCOC2)c(O)[nH]1. The summed E-state index contributed by atoms with van der Waals surface area (Å²) in [7, 11) is 0. The fraction of sp³-hybridized carbons (Fsp3) is 0.556. The Labute approximate surface area is 76.2 Å².